The molecule has 0 bridgehead atoms. The van der Waals surface area contributed by atoms with E-state index < -0.39 is 0 Å². The highest BCUT2D eigenvalue weighted by Gasteiger charge is 2.24. The minimum Gasteiger partial charge on any atom is -0.316 e. The second-order valence-electron chi connectivity index (χ2n) is 5.28. The zero-order chi connectivity index (χ0) is 12.1. The van der Waals surface area contributed by atoms with E-state index in [1.54, 1.807) is 5.56 Å². The van der Waals surface area contributed by atoms with Crippen LogP contribution in [-0.4, -0.2) is 13.1 Å². The summed E-state index contributed by atoms with van der Waals surface area (Å²) in [6, 6.07) is 9.94. The van der Waals surface area contributed by atoms with Crippen LogP contribution in [-0.2, 0) is 6.42 Å². The molecule has 1 aromatic rings. The van der Waals surface area contributed by atoms with Crippen LogP contribution in [0.25, 0.3) is 0 Å². The molecular formula is C16H25N. The van der Waals surface area contributed by atoms with Crippen molar-refractivity contribution in [3.8, 4) is 0 Å². The van der Waals surface area contributed by atoms with Gasteiger partial charge in [0.25, 0.3) is 0 Å². The third-order valence-electron chi connectivity index (χ3n) is 4.05. The van der Waals surface area contributed by atoms with Crippen molar-refractivity contribution in [2.45, 2.75) is 57.4 Å². The molecule has 17 heavy (non-hydrogen) atoms. The summed E-state index contributed by atoms with van der Waals surface area (Å²) in [5.74, 6) is 0.727. The number of likely N-dealkylation sites (N-methyl/N-ethyl adjacent to an activating group) is 1. The first-order valence-electron chi connectivity index (χ1n) is 7.11. The van der Waals surface area contributed by atoms with Gasteiger partial charge in [0.15, 0.2) is 0 Å². The first-order chi connectivity index (χ1) is 8.35. The van der Waals surface area contributed by atoms with E-state index in [0.717, 1.165) is 5.92 Å². The second kappa shape index (κ2) is 6.20. The van der Waals surface area contributed by atoms with Gasteiger partial charge in [-0.1, -0.05) is 50.5 Å². The van der Waals surface area contributed by atoms with Crippen LogP contribution in [0.1, 0.15) is 56.1 Å². The highest BCUT2D eigenvalue weighted by Crippen LogP contribution is 2.33. The first kappa shape index (κ1) is 12.6. The molecule has 1 fully saturated rings. The minimum atomic E-state index is 0.681. The van der Waals surface area contributed by atoms with Crippen molar-refractivity contribution >= 4 is 0 Å². The smallest absolute Gasteiger partial charge is 0.0133 e. The van der Waals surface area contributed by atoms with Gasteiger partial charge in [-0.25, -0.2) is 0 Å². The molecule has 2 unspecified atom stereocenters. The summed E-state index contributed by atoms with van der Waals surface area (Å²) in [5.41, 5.74) is 3.06. The van der Waals surface area contributed by atoms with Gasteiger partial charge in [0, 0.05) is 6.04 Å². The summed E-state index contributed by atoms with van der Waals surface area (Å²) in [6.07, 6.45) is 7.91. The van der Waals surface area contributed by atoms with Crippen molar-refractivity contribution < 1.29 is 0 Å². The average molecular weight is 231 g/mol. The van der Waals surface area contributed by atoms with E-state index in [4.69, 9.17) is 0 Å². The van der Waals surface area contributed by atoms with Crippen LogP contribution in [0.3, 0.4) is 0 Å². The van der Waals surface area contributed by atoms with Gasteiger partial charge in [-0.05, 0) is 43.4 Å². The fourth-order valence-corrected chi connectivity index (χ4v) is 3.14. The van der Waals surface area contributed by atoms with Crippen LogP contribution in [0, 0.1) is 0 Å². The zero-order valence-corrected chi connectivity index (χ0v) is 11.2. The van der Waals surface area contributed by atoms with Crippen molar-refractivity contribution in [3.05, 3.63) is 35.4 Å². The molecule has 0 spiro atoms. The molecule has 0 amide bonds. The van der Waals surface area contributed by atoms with Crippen LogP contribution >= 0.6 is 0 Å². The zero-order valence-electron chi connectivity index (χ0n) is 11.2. The van der Waals surface area contributed by atoms with Crippen LogP contribution in [0.5, 0.6) is 0 Å². The normalized spacial score (nSPS) is 24.8. The highest BCUT2D eigenvalue weighted by atomic mass is 14.9. The third-order valence-corrected chi connectivity index (χ3v) is 4.05. The fraction of sp³-hybridized carbons (Fsp3) is 0.625. The molecular weight excluding hydrogens is 206 g/mol. The van der Waals surface area contributed by atoms with E-state index in [-0.39, 0.29) is 0 Å². The molecule has 1 N–H and O–H groups in total. The Labute approximate surface area is 106 Å². The molecule has 2 rings (SSSR count). The van der Waals surface area contributed by atoms with Crippen molar-refractivity contribution in [2.75, 3.05) is 7.05 Å². The number of hydrogen-bond acceptors (Lipinski definition) is 1. The Balaban J connectivity index is 2.16. The molecule has 94 valence electrons. The third kappa shape index (κ3) is 3.10. The molecule has 2 atom stereocenters. The monoisotopic (exact) mass is 231 g/mol. The second-order valence-corrected chi connectivity index (χ2v) is 5.28. The summed E-state index contributed by atoms with van der Waals surface area (Å²) < 4.78 is 0. The summed E-state index contributed by atoms with van der Waals surface area (Å²) in [5, 5.41) is 3.50. The lowest BCUT2D eigenvalue weighted by atomic mass is 9.79. The number of nitrogens with one attached hydrogen (secondary N) is 1. The lowest BCUT2D eigenvalue weighted by molar-refractivity contribution is 0.344. The Morgan fingerprint density at radius 1 is 1.24 bits per heavy atom. The van der Waals surface area contributed by atoms with Gasteiger partial charge < -0.3 is 5.32 Å². The summed E-state index contributed by atoms with van der Waals surface area (Å²) in [4.78, 5) is 0. The Morgan fingerprint density at radius 2 is 2.06 bits per heavy atom. The van der Waals surface area contributed by atoms with Gasteiger partial charge in [0.05, 0.1) is 0 Å². The van der Waals surface area contributed by atoms with Crippen molar-refractivity contribution in [1.29, 1.82) is 0 Å². The van der Waals surface area contributed by atoms with Crippen LogP contribution in [0.2, 0.25) is 0 Å². The summed E-state index contributed by atoms with van der Waals surface area (Å²) in [7, 11) is 2.11. The molecule has 0 aromatic heterocycles. The van der Waals surface area contributed by atoms with Crippen molar-refractivity contribution in [2.24, 2.45) is 0 Å². The van der Waals surface area contributed by atoms with Gasteiger partial charge in [-0.3, -0.25) is 0 Å². The number of hydrogen-bond donors (Lipinski definition) is 1. The maximum absolute atomic E-state index is 3.50. The molecule has 1 aliphatic rings. The number of aryl methyl sites for hydroxylation is 1. The van der Waals surface area contributed by atoms with Gasteiger partial charge >= 0.3 is 0 Å². The van der Waals surface area contributed by atoms with Gasteiger partial charge in [0.2, 0.25) is 0 Å². The SMILES string of the molecule is CCCc1cccc(C2CCCCC2NC)c1. The summed E-state index contributed by atoms with van der Waals surface area (Å²) in [6.45, 7) is 2.25. The molecule has 1 aromatic carbocycles. The molecule has 1 nitrogen and oxygen atoms in total. The van der Waals surface area contributed by atoms with E-state index in [1.165, 1.54) is 44.1 Å². The molecule has 1 aliphatic carbocycles. The molecule has 0 aliphatic heterocycles. The van der Waals surface area contributed by atoms with Crippen LogP contribution in [0.15, 0.2) is 24.3 Å². The molecule has 1 saturated carbocycles. The van der Waals surface area contributed by atoms with Gasteiger partial charge in [-0.2, -0.15) is 0 Å². The molecule has 0 heterocycles. The van der Waals surface area contributed by atoms with E-state index in [2.05, 4.69) is 43.6 Å². The maximum atomic E-state index is 3.50. The van der Waals surface area contributed by atoms with E-state index in [0.29, 0.717) is 6.04 Å². The Hall–Kier alpha value is -0.820. The number of benzene rings is 1. The average Bonchev–Trinajstić information content (AvgIpc) is 2.39. The predicted molar refractivity (Wildman–Crippen MR) is 74.5 cm³/mol. The van der Waals surface area contributed by atoms with Crippen molar-refractivity contribution in [1.82, 2.24) is 5.32 Å². The van der Waals surface area contributed by atoms with E-state index in [1.807, 2.05) is 0 Å². The van der Waals surface area contributed by atoms with Gasteiger partial charge in [0.1, 0.15) is 0 Å². The standard InChI is InChI=1S/C16H25N/c1-3-7-13-8-6-9-14(12-13)15-10-4-5-11-16(15)17-2/h6,8-9,12,15-17H,3-5,7,10-11H2,1-2H3. The van der Waals surface area contributed by atoms with Crippen LogP contribution < -0.4 is 5.32 Å². The lowest BCUT2D eigenvalue weighted by Gasteiger charge is -2.32. The Bertz CT molecular complexity index is 345. The molecule has 1 heteroatoms. The molecule has 0 radical (unpaired) electrons. The van der Waals surface area contributed by atoms with E-state index in [9.17, 15) is 0 Å². The van der Waals surface area contributed by atoms with Gasteiger partial charge in [-0.15, -0.1) is 0 Å². The largest absolute Gasteiger partial charge is 0.316 e. The Morgan fingerprint density at radius 3 is 2.82 bits per heavy atom. The predicted octanol–water partition coefficient (Wildman–Crippen LogP) is 3.88. The topological polar surface area (TPSA) is 12.0 Å². The Kier molecular flexibility index (Phi) is 4.61. The maximum Gasteiger partial charge on any atom is 0.0133 e. The van der Waals surface area contributed by atoms with E-state index >= 15 is 0 Å². The summed E-state index contributed by atoms with van der Waals surface area (Å²) >= 11 is 0. The lowest BCUT2D eigenvalue weighted by Crippen LogP contribution is -2.34. The van der Waals surface area contributed by atoms with Crippen molar-refractivity contribution in [3.63, 3.8) is 0 Å². The van der Waals surface area contributed by atoms with Crippen LogP contribution in [0.4, 0.5) is 0 Å². The minimum absolute atomic E-state index is 0.681. The quantitative estimate of drug-likeness (QED) is 0.829. The highest BCUT2D eigenvalue weighted by molar-refractivity contribution is 5.28. The number of rotatable bonds is 4. The first-order valence-corrected chi connectivity index (χ1v) is 7.11. The fourth-order valence-electron chi connectivity index (χ4n) is 3.14. The molecule has 0 saturated heterocycles.